The van der Waals surface area contributed by atoms with Crippen LogP contribution in [0.4, 0.5) is 0 Å². The van der Waals surface area contributed by atoms with Gasteiger partial charge < -0.3 is 24.4 Å². The summed E-state index contributed by atoms with van der Waals surface area (Å²) < 4.78 is 17.7. The van der Waals surface area contributed by atoms with Gasteiger partial charge in [0.1, 0.15) is 6.10 Å². The number of carbonyl (C=O) groups is 1. The predicted octanol–water partition coefficient (Wildman–Crippen LogP) is 8.89. The molecule has 0 amide bonds. The van der Waals surface area contributed by atoms with Crippen molar-refractivity contribution in [1.29, 1.82) is 0 Å². The van der Waals surface area contributed by atoms with Gasteiger partial charge in [-0.25, -0.2) is 4.79 Å². The first-order chi connectivity index (χ1) is 21.0. The van der Waals surface area contributed by atoms with Crippen molar-refractivity contribution in [2.75, 3.05) is 0 Å². The van der Waals surface area contributed by atoms with E-state index >= 15 is 0 Å². The van der Waals surface area contributed by atoms with Crippen LogP contribution in [0.15, 0.2) is 11.6 Å². The Balaban J connectivity index is 1.12. The minimum Gasteiger partial charge on any atom is -0.455 e. The lowest BCUT2D eigenvalue weighted by Gasteiger charge is -2.24. The van der Waals surface area contributed by atoms with E-state index in [4.69, 9.17) is 14.2 Å². The number of hydrogen-bond acceptors (Lipinski definition) is 6. The first kappa shape index (κ1) is 36.5. The monoisotopic (exact) mass is 606 g/mol. The molecule has 0 aromatic rings. The molecule has 0 bridgehead atoms. The van der Waals surface area contributed by atoms with Crippen LogP contribution in [0, 0.1) is 0 Å². The van der Waals surface area contributed by atoms with Crippen molar-refractivity contribution in [2.45, 2.75) is 217 Å². The Hall–Kier alpha value is -0.950. The van der Waals surface area contributed by atoms with Gasteiger partial charge in [-0.15, -0.1) is 0 Å². The maximum Gasteiger partial charge on any atom is 0.334 e. The van der Waals surface area contributed by atoms with Gasteiger partial charge in [-0.05, 0) is 64.4 Å². The van der Waals surface area contributed by atoms with Gasteiger partial charge in [0, 0.05) is 5.57 Å². The highest BCUT2D eigenvalue weighted by molar-refractivity contribution is 5.90. The minimum atomic E-state index is -0.375. The number of carbonyl (C=O) groups excluding carboxylic acids is 1. The number of rotatable bonds is 25. The van der Waals surface area contributed by atoms with E-state index in [1.54, 1.807) is 0 Å². The molecular formula is C37H66O6. The number of cyclic esters (lactones) is 1. The first-order valence-electron chi connectivity index (χ1n) is 18.6. The second-order valence-electron chi connectivity index (χ2n) is 13.9. The zero-order chi connectivity index (χ0) is 30.7. The fourth-order valence-electron chi connectivity index (χ4n) is 7.25. The molecule has 6 nitrogen and oxygen atoms in total. The van der Waals surface area contributed by atoms with E-state index in [-0.39, 0.29) is 48.7 Å². The average Bonchev–Trinajstić information content (AvgIpc) is 3.75. The Morgan fingerprint density at radius 2 is 1.07 bits per heavy atom. The SMILES string of the molecule is CCCCCCCCCC[C@H](O)[C@@H]1CC[C@H]([C@H]2CC[C@@H]([C@H](O)CCCCCCCCCCCCC3=C[C@H](C)OC3=O)O2)O1. The standard InChI is InChI=1S/C37H66O6/c1-3-4-5-6-7-13-16-19-22-31(38)33-24-26-35(42-33)36-27-25-34(43-36)32(39)23-20-17-14-11-9-8-10-12-15-18-21-30-28-29(2)41-37(30)40/h28-29,31-36,38-39H,3-27H2,1-2H3/t29-,31-,32+,33-,34-,35+,36+/m0/s1. The van der Waals surface area contributed by atoms with E-state index in [1.807, 2.05) is 13.0 Å². The van der Waals surface area contributed by atoms with Gasteiger partial charge in [0.2, 0.25) is 0 Å². The Labute approximate surface area is 263 Å². The number of hydrogen-bond donors (Lipinski definition) is 2. The summed E-state index contributed by atoms with van der Waals surface area (Å²) in [7, 11) is 0. The van der Waals surface area contributed by atoms with Crippen LogP contribution in [0.5, 0.6) is 0 Å². The molecule has 0 radical (unpaired) electrons. The van der Waals surface area contributed by atoms with Gasteiger partial charge in [-0.2, -0.15) is 0 Å². The zero-order valence-electron chi connectivity index (χ0n) is 27.8. The molecule has 0 unspecified atom stereocenters. The van der Waals surface area contributed by atoms with Crippen LogP contribution in [0.25, 0.3) is 0 Å². The molecule has 0 aromatic heterocycles. The first-order valence-corrected chi connectivity index (χ1v) is 18.6. The average molecular weight is 607 g/mol. The zero-order valence-corrected chi connectivity index (χ0v) is 27.8. The second-order valence-corrected chi connectivity index (χ2v) is 13.9. The van der Waals surface area contributed by atoms with Crippen molar-refractivity contribution < 1.29 is 29.2 Å². The normalized spacial score (nSPS) is 27.0. The van der Waals surface area contributed by atoms with E-state index in [1.165, 1.54) is 96.3 Å². The van der Waals surface area contributed by atoms with Crippen LogP contribution in [-0.2, 0) is 19.0 Å². The lowest BCUT2D eigenvalue weighted by molar-refractivity contribution is -0.139. The van der Waals surface area contributed by atoms with Crippen LogP contribution >= 0.6 is 0 Å². The molecule has 250 valence electrons. The molecule has 3 aliphatic rings. The molecule has 43 heavy (non-hydrogen) atoms. The van der Waals surface area contributed by atoms with Gasteiger partial charge >= 0.3 is 5.97 Å². The van der Waals surface area contributed by atoms with Crippen LogP contribution in [-0.4, -0.2) is 58.9 Å². The topological polar surface area (TPSA) is 85.2 Å². The summed E-state index contributed by atoms with van der Waals surface area (Å²) >= 11 is 0. The van der Waals surface area contributed by atoms with E-state index in [0.717, 1.165) is 69.8 Å². The lowest BCUT2D eigenvalue weighted by atomic mass is 10.0. The largest absolute Gasteiger partial charge is 0.455 e. The summed E-state index contributed by atoms with van der Waals surface area (Å²) in [6, 6.07) is 0. The third kappa shape index (κ3) is 14.3. The smallest absolute Gasteiger partial charge is 0.334 e. The maximum absolute atomic E-state index is 11.6. The van der Waals surface area contributed by atoms with Crippen LogP contribution in [0.1, 0.15) is 174 Å². The van der Waals surface area contributed by atoms with Crippen molar-refractivity contribution in [1.82, 2.24) is 0 Å². The molecule has 0 aliphatic carbocycles. The third-order valence-corrected chi connectivity index (χ3v) is 9.98. The lowest BCUT2D eigenvalue weighted by Crippen LogP contribution is -2.33. The summed E-state index contributed by atoms with van der Waals surface area (Å²) in [6.45, 7) is 4.17. The number of aliphatic hydroxyl groups excluding tert-OH is 2. The molecule has 3 aliphatic heterocycles. The molecule has 2 saturated heterocycles. The Kier molecular flexibility index (Phi) is 18.5. The molecule has 6 heteroatoms. The number of aliphatic hydroxyl groups is 2. The van der Waals surface area contributed by atoms with Crippen LogP contribution in [0.2, 0.25) is 0 Å². The molecule has 7 atom stereocenters. The van der Waals surface area contributed by atoms with Gasteiger partial charge in [0.25, 0.3) is 0 Å². The minimum absolute atomic E-state index is 0.0466. The molecule has 2 fully saturated rings. The van der Waals surface area contributed by atoms with Gasteiger partial charge in [-0.3, -0.25) is 0 Å². The van der Waals surface area contributed by atoms with Crippen LogP contribution in [0.3, 0.4) is 0 Å². The summed E-state index contributed by atoms with van der Waals surface area (Å²) in [5, 5.41) is 21.4. The highest BCUT2D eigenvalue weighted by Gasteiger charge is 2.40. The fraction of sp³-hybridized carbons (Fsp3) is 0.919. The third-order valence-electron chi connectivity index (χ3n) is 9.98. The van der Waals surface area contributed by atoms with Crippen LogP contribution < -0.4 is 0 Å². The molecule has 0 saturated carbocycles. The van der Waals surface area contributed by atoms with Crippen molar-refractivity contribution in [2.24, 2.45) is 0 Å². The number of ether oxygens (including phenoxy) is 3. The molecule has 2 N–H and O–H groups in total. The quantitative estimate of drug-likeness (QED) is 0.0797. The summed E-state index contributed by atoms with van der Waals surface area (Å²) in [6.07, 6.45) is 29.9. The summed E-state index contributed by atoms with van der Waals surface area (Å²) in [5.41, 5.74) is 0.869. The van der Waals surface area contributed by atoms with E-state index in [0.29, 0.717) is 0 Å². The number of unbranched alkanes of at least 4 members (excludes halogenated alkanes) is 16. The van der Waals surface area contributed by atoms with Crippen molar-refractivity contribution >= 4 is 5.97 Å². The van der Waals surface area contributed by atoms with Crippen molar-refractivity contribution in [3.63, 3.8) is 0 Å². The second kappa shape index (κ2) is 21.7. The maximum atomic E-state index is 11.6. The number of esters is 1. The van der Waals surface area contributed by atoms with Gasteiger partial charge in [0.15, 0.2) is 0 Å². The van der Waals surface area contributed by atoms with Gasteiger partial charge in [-0.1, -0.05) is 116 Å². The Morgan fingerprint density at radius 1 is 0.651 bits per heavy atom. The summed E-state index contributed by atoms with van der Waals surface area (Å²) in [4.78, 5) is 11.6. The molecule has 3 rings (SSSR count). The highest BCUT2D eigenvalue weighted by atomic mass is 16.6. The van der Waals surface area contributed by atoms with Gasteiger partial charge in [0.05, 0.1) is 36.6 Å². The highest BCUT2D eigenvalue weighted by Crippen LogP contribution is 2.34. The fourth-order valence-corrected chi connectivity index (χ4v) is 7.25. The molecule has 0 aromatic carbocycles. The molecular weight excluding hydrogens is 540 g/mol. The Bertz CT molecular complexity index is 768. The van der Waals surface area contributed by atoms with E-state index in [2.05, 4.69) is 6.92 Å². The van der Waals surface area contributed by atoms with Crippen molar-refractivity contribution in [3.8, 4) is 0 Å². The van der Waals surface area contributed by atoms with E-state index in [9.17, 15) is 15.0 Å². The summed E-state index contributed by atoms with van der Waals surface area (Å²) in [5.74, 6) is -0.118. The van der Waals surface area contributed by atoms with E-state index < -0.39 is 0 Å². The molecule has 3 heterocycles. The van der Waals surface area contributed by atoms with Crippen molar-refractivity contribution in [3.05, 3.63) is 11.6 Å². The molecule has 0 spiro atoms. The Morgan fingerprint density at radius 3 is 1.49 bits per heavy atom. The predicted molar refractivity (Wildman–Crippen MR) is 174 cm³/mol.